The smallest absolute Gasteiger partial charge is 0.243 e. The molecule has 0 atom stereocenters. The molecule has 8 heteroatoms. The minimum absolute atomic E-state index is 0.263. The molecule has 3 rings (SSSR count). The average molecular weight is 457 g/mol. The molecule has 0 radical (unpaired) electrons. The third-order valence-electron chi connectivity index (χ3n) is 4.78. The maximum atomic E-state index is 13.0. The van der Waals surface area contributed by atoms with E-state index in [9.17, 15) is 8.42 Å². The van der Waals surface area contributed by atoms with Gasteiger partial charge in [0.2, 0.25) is 10.0 Å². The van der Waals surface area contributed by atoms with E-state index in [-0.39, 0.29) is 4.90 Å². The molecule has 0 N–H and O–H groups in total. The number of aromatic nitrogens is 3. The zero-order chi connectivity index (χ0) is 22.4. The molecule has 0 saturated carbocycles. The Morgan fingerprint density at radius 3 is 2.42 bits per heavy atom. The summed E-state index contributed by atoms with van der Waals surface area (Å²) in [7, 11) is -3.56. The lowest BCUT2D eigenvalue weighted by Crippen LogP contribution is -2.30. The molecule has 0 amide bonds. The summed E-state index contributed by atoms with van der Waals surface area (Å²) >= 11 is 1.58. The van der Waals surface area contributed by atoms with Crippen molar-refractivity contribution >= 4 is 21.8 Å². The Morgan fingerprint density at radius 2 is 1.77 bits per heavy atom. The van der Waals surface area contributed by atoms with Crippen molar-refractivity contribution in [2.24, 2.45) is 0 Å². The molecule has 2 aromatic carbocycles. The van der Waals surface area contributed by atoms with Crippen LogP contribution in [-0.2, 0) is 16.6 Å². The van der Waals surface area contributed by atoms with Gasteiger partial charge in [-0.1, -0.05) is 80.2 Å². The first-order valence-electron chi connectivity index (χ1n) is 10.2. The highest BCUT2D eigenvalue weighted by Crippen LogP contribution is 2.28. The molecular weight excluding hydrogens is 428 g/mol. The van der Waals surface area contributed by atoms with Crippen molar-refractivity contribution in [1.82, 2.24) is 19.1 Å². The van der Waals surface area contributed by atoms with Gasteiger partial charge in [0, 0.05) is 24.4 Å². The Bertz CT molecular complexity index is 1140. The van der Waals surface area contributed by atoms with Gasteiger partial charge in [-0.05, 0) is 24.6 Å². The first-order valence-corrected chi connectivity index (χ1v) is 12.6. The highest BCUT2D eigenvalue weighted by molar-refractivity contribution is 7.99. The second-order valence-electron chi connectivity index (χ2n) is 7.24. The number of nitrogens with zero attached hydrogens (tertiary/aromatic N) is 4. The van der Waals surface area contributed by atoms with E-state index >= 15 is 0 Å². The standard InChI is InChI=1S/C23H28N4O2S2/c1-5-26(6-2)31(28,29)21-14-10-13-20(15-21)22-24-25-23(30-17-18(3)4)27(22)16-19-11-8-7-9-12-19/h7-15H,3,5-6,16-17H2,1-2,4H3. The van der Waals surface area contributed by atoms with Crippen LogP contribution in [0.15, 0.2) is 76.8 Å². The molecule has 31 heavy (non-hydrogen) atoms. The Morgan fingerprint density at radius 1 is 1.06 bits per heavy atom. The monoisotopic (exact) mass is 456 g/mol. The van der Waals surface area contributed by atoms with Crippen LogP contribution in [0.25, 0.3) is 11.4 Å². The normalized spacial score (nSPS) is 11.7. The summed E-state index contributed by atoms with van der Waals surface area (Å²) in [5.74, 6) is 1.38. The van der Waals surface area contributed by atoms with Gasteiger partial charge in [0.15, 0.2) is 11.0 Å². The van der Waals surface area contributed by atoms with Gasteiger partial charge in [0.05, 0.1) is 11.4 Å². The van der Waals surface area contributed by atoms with Crippen LogP contribution < -0.4 is 0 Å². The molecule has 0 bridgehead atoms. The SMILES string of the molecule is C=C(C)CSc1nnc(-c2cccc(S(=O)(=O)N(CC)CC)c2)n1Cc1ccccc1. The lowest BCUT2D eigenvalue weighted by molar-refractivity contribution is 0.445. The molecule has 1 aromatic heterocycles. The predicted octanol–water partition coefficient (Wildman–Crippen LogP) is 4.69. The minimum atomic E-state index is -3.56. The van der Waals surface area contributed by atoms with E-state index in [1.165, 1.54) is 4.31 Å². The maximum Gasteiger partial charge on any atom is 0.243 e. The summed E-state index contributed by atoms with van der Waals surface area (Å²) in [5.41, 5.74) is 2.89. The summed E-state index contributed by atoms with van der Waals surface area (Å²) < 4.78 is 29.5. The number of hydrogen-bond acceptors (Lipinski definition) is 5. The van der Waals surface area contributed by atoms with Gasteiger partial charge in [-0.2, -0.15) is 4.31 Å². The van der Waals surface area contributed by atoms with Gasteiger partial charge in [-0.15, -0.1) is 10.2 Å². The second kappa shape index (κ2) is 10.3. The molecule has 0 spiro atoms. The van der Waals surface area contributed by atoms with E-state index in [1.807, 2.05) is 49.6 Å². The molecule has 0 fully saturated rings. The average Bonchev–Trinajstić information content (AvgIpc) is 3.16. The minimum Gasteiger partial charge on any atom is -0.298 e. The van der Waals surface area contributed by atoms with E-state index in [1.54, 1.807) is 30.0 Å². The van der Waals surface area contributed by atoms with Crippen LogP contribution in [0.4, 0.5) is 0 Å². The quantitative estimate of drug-likeness (QED) is 0.327. The van der Waals surface area contributed by atoms with Crippen LogP contribution in [0, 0.1) is 0 Å². The van der Waals surface area contributed by atoms with E-state index < -0.39 is 10.0 Å². The summed E-state index contributed by atoms with van der Waals surface area (Å²) in [4.78, 5) is 0.263. The van der Waals surface area contributed by atoms with E-state index in [0.717, 1.165) is 27.6 Å². The molecule has 1 heterocycles. The van der Waals surface area contributed by atoms with Crippen molar-refractivity contribution < 1.29 is 8.42 Å². The fraction of sp³-hybridized carbons (Fsp3) is 0.304. The first-order chi connectivity index (χ1) is 14.9. The van der Waals surface area contributed by atoms with Crippen LogP contribution in [0.2, 0.25) is 0 Å². The Labute approximate surface area is 189 Å². The van der Waals surface area contributed by atoms with Crippen molar-refractivity contribution in [1.29, 1.82) is 0 Å². The second-order valence-corrected chi connectivity index (χ2v) is 10.1. The Balaban J connectivity index is 2.05. The highest BCUT2D eigenvalue weighted by atomic mass is 32.2. The topological polar surface area (TPSA) is 68.1 Å². The van der Waals surface area contributed by atoms with Crippen LogP contribution in [0.1, 0.15) is 26.3 Å². The number of thioether (sulfide) groups is 1. The summed E-state index contributed by atoms with van der Waals surface area (Å²) in [6.07, 6.45) is 0. The molecule has 0 saturated heterocycles. The number of sulfonamides is 1. The van der Waals surface area contributed by atoms with E-state index in [0.29, 0.717) is 25.5 Å². The predicted molar refractivity (Wildman–Crippen MR) is 127 cm³/mol. The van der Waals surface area contributed by atoms with E-state index in [4.69, 9.17) is 0 Å². The molecule has 0 aliphatic heterocycles. The fourth-order valence-corrected chi connectivity index (χ4v) is 5.50. The lowest BCUT2D eigenvalue weighted by atomic mass is 10.2. The molecule has 164 valence electrons. The Hall–Kier alpha value is -2.42. The van der Waals surface area contributed by atoms with Crippen LogP contribution in [0.5, 0.6) is 0 Å². The van der Waals surface area contributed by atoms with E-state index in [2.05, 4.69) is 28.9 Å². The molecule has 0 aliphatic rings. The van der Waals surface area contributed by atoms with Gasteiger partial charge >= 0.3 is 0 Å². The van der Waals surface area contributed by atoms with Gasteiger partial charge in [-0.3, -0.25) is 4.57 Å². The van der Waals surface area contributed by atoms with Crippen LogP contribution in [-0.4, -0.2) is 46.3 Å². The first kappa shape index (κ1) is 23.2. The van der Waals surface area contributed by atoms with Crippen LogP contribution in [0.3, 0.4) is 0 Å². The lowest BCUT2D eigenvalue weighted by Gasteiger charge is -2.19. The maximum absolute atomic E-state index is 13.0. The van der Waals surface area contributed by atoms with Gasteiger partial charge in [-0.25, -0.2) is 8.42 Å². The number of rotatable bonds is 10. The zero-order valence-corrected chi connectivity index (χ0v) is 19.8. The van der Waals surface area contributed by atoms with Crippen molar-refractivity contribution in [3.8, 4) is 11.4 Å². The third-order valence-corrected chi connectivity index (χ3v) is 8.03. The van der Waals surface area contributed by atoms with Crippen molar-refractivity contribution in [2.75, 3.05) is 18.8 Å². The summed E-state index contributed by atoms with van der Waals surface area (Å²) in [6, 6.07) is 17.0. The molecule has 3 aromatic rings. The molecule has 0 aliphatic carbocycles. The van der Waals surface area contributed by atoms with Crippen molar-refractivity contribution in [3.63, 3.8) is 0 Å². The zero-order valence-electron chi connectivity index (χ0n) is 18.2. The van der Waals surface area contributed by atoms with Gasteiger partial charge < -0.3 is 0 Å². The summed E-state index contributed by atoms with van der Waals surface area (Å²) in [5, 5.41) is 9.59. The Kier molecular flexibility index (Phi) is 7.69. The van der Waals surface area contributed by atoms with Gasteiger partial charge in [0.1, 0.15) is 0 Å². The van der Waals surface area contributed by atoms with Crippen LogP contribution >= 0.6 is 11.8 Å². The molecule has 0 unspecified atom stereocenters. The van der Waals surface area contributed by atoms with Gasteiger partial charge in [0.25, 0.3) is 0 Å². The third kappa shape index (κ3) is 5.44. The number of hydrogen-bond donors (Lipinski definition) is 0. The highest BCUT2D eigenvalue weighted by Gasteiger charge is 2.23. The molecular formula is C23H28N4O2S2. The number of benzene rings is 2. The van der Waals surface area contributed by atoms with Crippen molar-refractivity contribution in [2.45, 2.75) is 37.4 Å². The largest absolute Gasteiger partial charge is 0.298 e. The van der Waals surface area contributed by atoms with Crippen molar-refractivity contribution in [3.05, 3.63) is 72.3 Å². The molecule has 6 nitrogen and oxygen atoms in total. The fourth-order valence-electron chi connectivity index (χ4n) is 3.21. The summed E-state index contributed by atoms with van der Waals surface area (Å²) in [6.45, 7) is 11.1.